The highest BCUT2D eigenvalue weighted by Gasteiger charge is 2.16. The lowest BCUT2D eigenvalue weighted by Gasteiger charge is -2.20. The quantitative estimate of drug-likeness (QED) is 0.872. The molecule has 5 heteroatoms. The van der Waals surface area contributed by atoms with Crippen LogP contribution >= 0.6 is 11.3 Å². The van der Waals surface area contributed by atoms with E-state index in [9.17, 15) is 4.79 Å². The number of carbonyl (C=O) groups is 1. The van der Waals surface area contributed by atoms with E-state index in [1.807, 2.05) is 17.5 Å². The molecule has 0 aliphatic heterocycles. The topological polar surface area (TPSA) is 58.6 Å². The Morgan fingerprint density at radius 3 is 2.76 bits per heavy atom. The maximum Gasteiger partial charge on any atom is 0.411 e. The van der Waals surface area contributed by atoms with Crippen molar-refractivity contribution in [3.63, 3.8) is 0 Å². The summed E-state index contributed by atoms with van der Waals surface area (Å²) >= 11 is 1.53. The average molecular weight is 255 g/mol. The van der Waals surface area contributed by atoms with Crippen molar-refractivity contribution in [3.8, 4) is 0 Å². The molecule has 1 heterocycles. The zero-order valence-electron chi connectivity index (χ0n) is 10.2. The van der Waals surface area contributed by atoms with Gasteiger partial charge in [-0.25, -0.2) is 4.79 Å². The molecule has 0 radical (unpaired) electrons. The van der Waals surface area contributed by atoms with E-state index in [-0.39, 0.29) is 6.61 Å². The second kappa shape index (κ2) is 5.84. The number of carbonyl (C=O) groups excluding carboxylic acids is 1. The lowest BCUT2D eigenvalue weighted by molar-refractivity contribution is 0.0539. The lowest BCUT2D eigenvalue weighted by atomic mass is 10.2. The van der Waals surface area contributed by atoms with Crippen LogP contribution in [-0.4, -0.2) is 23.4 Å². The van der Waals surface area contributed by atoms with Crippen LogP contribution in [-0.2, 0) is 4.74 Å². The van der Waals surface area contributed by atoms with Gasteiger partial charge >= 0.3 is 6.09 Å². The molecule has 1 aromatic heterocycles. The number of alkyl carbamates (subject to hydrolysis) is 1. The summed E-state index contributed by atoms with van der Waals surface area (Å²) in [5, 5.41) is 13.6. The Bertz CT molecular complexity index is 390. The Kier molecular flexibility index (Phi) is 4.72. The molecule has 0 aliphatic carbocycles. The van der Waals surface area contributed by atoms with Crippen LogP contribution in [0, 0.1) is 0 Å². The van der Waals surface area contributed by atoms with Crippen LogP contribution in [0.15, 0.2) is 23.2 Å². The fourth-order valence-electron chi connectivity index (χ4n) is 1.10. The predicted molar refractivity (Wildman–Crippen MR) is 68.8 cm³/mol. The van der Waals surface area contributed by atoms with E-state index in [0.29, 0.717) is 5.70 Å². The number of aliphatic hydroxyl groups excluding tert-OH is 1. The number of thiophene rings is 1. The first-order valence-corrected chi connectivity index (χ1v) is 6.13. The molecule has 0 bridgehead atoms. The molecule has 0 unspecified atom stereocenters. The number of rotatable bonds is 3. The SMILES string of the molecule is CC(C)(C)OC(=O)N/C(=C\c1cccs1)CO. The van der Waals surface area contributed by atoms with Crippen molar-refractivity contribution in [3.05, 3.63) is 28.1 Å². The fourth-order valence-corrected chi connectivity index (χ4v) is 1.78. The van der Waals surface area contributed by atoms with Crippen molar-refractivity contribution in [1.29, 1.82) is 0 Å². The third kappa shape index (κ3) is 5.51. The minimum Gasteiger partial charge on any atom is -0.444 e. The van der Waals surface area contributed by atoms with Gasteiger partial charge in [-0.3, -0.25) is 5.32 Å². The van der Waals surface area contributed by atoms with Gasteiger partial charge in [0.2, 0.25) is 0 Å². The highest BCUT2D eigenvalue weighted by atomic mass is 32.1. The minimum absolute atomic E-state index is 0.239. The Balaban J connectivity index is 2.62. The Morgan fingerprint density at radius 2 is 2.29 bits per heavy atom. The molecule has 94 valence electrons. The number of nitrogens with one attached hydrogen (secondary N) is 1. The molecule has 0 fully saturated rings. The van der Waals surface area contributed by atoms with Crippen LogP contribution in [0.3, 0.4) is 0 Å². The first-order chi connectivity index (χ1) is 7.90. The summed E-state index contributed by atoms with van der Waals surface area (Å²) in [6, 6.07) is 3.80. The summed E-state index contributed by atoms with van der Waals surface area (Å²) in [5.74, 6) is 0. The number of ether oxygens (including phenoxy) is 1. The van der Waals surface area contributed by atoms with Crippen LogP contribution in [0.25, 0.3) is 6.08 Å². The van der Waals surface area contributed by atoms with Crippen LogP contribution < -0.4 is 5.32 Å². The smallest absolute Gasteiger partial charge is 0.411 e. The van der Waals surface area contributed by atoms with Gasteiger partial charge in [-0.15, -0.1) is 11.3 Å². The van der Waals surface area contributed by atoms with E-state index in [2.05, 4.69) is 5.32 Å². The van der Waals surface area contributed by atoms with Crippen LogP contribution in [0.4, 0.5) is 4.79 Å². The molecule has 0 atom stereocenters. The third-order valence-electron chi connectivity index (χ3n) is 1.69. The largest absolute Gasteiger partial charge is 0.444 e. The van der Waals surface area contributed by atoms with E-state index < -0.39 is 11.7 Å². The molecule has 1 aromatic rings. The monoisotopic (exact) mass is 255 g/mol. The summed E-state index contributed by atoms with van der Waals surface area (Å²) in [4.78, 5) is 12.4. The first kappa shape index (κ1) is 13.7. The minimum atomic E-state index is -0.561. The van der Waals surface area contributed by atoms with Crippen molar-refractivity contribution >= 4 is 23.5 Å². The van der Waals surface area contributed by atoms with Gasteiger partial charge in [-0.05, 0) is 38.3 Å². The zero-order valence-corrected chi connectivity index (χ0v) is 11.0. The van der Waals surface area contributed by atoms with Gasteiger partial charge in [0.1, 0.15) is 5.60 Å². The summed E-state index contributed by atoms with van der Waals surface area (Å²) in [5.41, 5.74) is -0.130. The second-order valence-electron chi connectivity index (χ2n) is 4.47. The summed E-state index contributed by atoms with van der Waals surface area (Å²) < 4.78 is 5.09. The highest BCUT2D eigenvalue weighted by Crippen LogP contribution is 2.13. The van der Waals surface area contributed by atoms with E-state index in [0.717, 1.165) is 4.88 Å². The maximum atomic E-state index is 11.5. The molecular weight excluding hydrogens is 238 g/mol. The molecule has 0 spiro atoms. The standard InChI is InChI=1S/C12H17NO3S/c1-12(2,3)16-11(15)13-9(8-14)7-10-5-4-6-17-10/h4-7,14H,8H2,1-3H3,(H,13,15)/b9-7-. The van der Waals surface area contributed by atoms with Gasteiger partial charge < -0.3 is 9.84 Å². The molecule has 0 aliphatic rings. The number of hydrogen-bond acceptors (Lipinski definition) is 4. The van der Waals surface area contributed by atoms with Gasteiger partial charge in [0.15, 0.2) is 0 Å². The number of aliphatic hydroxyl groups is 1. The number of hydrogen-bond donors (Lipinski definition) is 2. The zero-order chi connectivity index (χ0) is 12.9. The molecule has 2 N–H and O–H groups in total. The molecule has 0 saturated heterocycles. The van der Waals surface area contributed by atoms with Crippen molar-refractivity contribution in [1.82, 2.24) is 5.32 Å². The Morgan fingerprint density at radius 1 is 1.59 bits per heavy atom. The predicted octanol–water partition coefficient (Wildman–Crippen LogP) is 2.61. The summed E-state index contributed by atoms with van der Waals surface area (Å²) in [6.07, 6.45) is 1.16. The van der Waals surface area contributed by atoms with Crippen molar-refractivity contribution in [2.45, 2.75) is 26.4 Å². The van der Waals surface area contributed by atoms with Crippen molar-refractivity contribution in [2.24, 2.45) is 0 Å². The van der Waals surface area contributed by atoms with Gasteiger partial charge in [-0.1, -0.05) is 6.07 Å². The Hall–Kier alpha value is -1.33. The van der Waals surface area contributed by atoms with Gasteiger partial charge in [0, 0.05) is 10.6 Å². The van der Waals surface area contributed by atoms with Crippen LogP contribution in [0.2, 0.25) is 0 Å². The first-order valence-electron chi connectivity index (χ1n) is 5.25. The molecular formula is C12H17NO3S. The van der Waals surface area contributed by atoms with Gasteiger partial charge in [0.05, 0.1) is 6.61 Å². The molecule has 0 aromatic carbocycles. The van der Waals surface area contributed by atoms with Gasteiger partial charge in [-0.2, -0.15) is 0 Å². The van der Waals surface area contributed by atoms with Crippen LogP contribution in [0.1, 0.15) is 25.6 Å². The molecule has 0 saturated carbocycles. The summed E-state index contributed by atoms with van der Waals surface area (Å²) in [6.45, 7) is 5.12. The molecule has 17 heavy (non-hydrogen) atoms. The van der Waals surface area contributed by atoms with Crippen LogP contribution in [0.5, 0.6) is 0 Å². The molecule has 1 rings (SSSR count). The highest BCUT2D eigenvalue weighted by molar-refractivity contribution is 7.10. The second-order valence-corrected chi connectivity index (χ2v) is 5.45. The lowest BCUT2D eigenvalue weighted by Crippen LogP contribution is -2.32. The van der Waals surface area contributed by atoms with E-state index >= 15 is 0 Å². The van der Waals surface area contributed by atoms with E-state index in [4.69, 9.17) is 9.84 Å². The average Bonchev–Trinajstić information content (AvgIpc) is 2.66. The third-order valence-corrected chi connectivity index (χ3v) is 2.51. The molecule has 1 amide bonds. The molecule has 4 nitrogen and oxygen atoms in total. The number of amides is 1. The van der Waals surface area contributed by atoms with E-state index in [1.54, 1.807) is 26.8 Å². The van der Waals surface area contributed by atoms with Crippen molar-refractivity contribution < 1.29 is 14.6 Å². The van der Waals surface area contributed by atoms with Crippen molar-refractivity contribution in [2.75, 3.05) is 6.61 Å². The normalized spacial score (nSPS) is 12.4. The fraction of sp³-hybridized carbons (Fsp3) is 0.417. The van der Waals surface area contributed by atoms with Gasteiger partial charge in [0.25, 0.3) is 0 Å². The van der Waals surface area contributed by atoms with E-state index in [1.165, 1.54) is 11.3 Å². The Labute approximate surface area is 105 Å². The summed E-state index contributed by atoms with van der Waals surface area (Å²) in [7, 11) is 0. The maximum absolute atomic E-state index is 11.5.